The number of nitrogens with zero attached hydrogens (tertiary/aromatic N) is 1. The van der Waals surface area contributed by atoms with Crippen LogP contribution in [0.25, 0.3) is 0 Å². The number of carbonyl (C=O) groups excluding carboxylic acids is 4. The van der Waals surface area contributed by atoms with Crippen LogP contribution in [0.1, 0.15) is 96.8 Å². The molecule has 2 fully saturated rings. The second-order valence-electron chi connectivity index (χ2n) is 7.64. The molecule has 0 radical (unpaired) electrons. The molecule has 6 heteroatoms. The molecule has 0 saturated carbocycles. The minimum absolute atomic E-state index is 0.0826. The van der Waals surface area contributed by atoms with Crippen LogP contribution in [0.3, 0.4) is 0 Å². The smallest absolute Gasteiger partial charge is 0.253 e. The zero-order chi connectivity index (χ0) is 19.0. The predicted octanol–water partition coefficient (Wildman–Crippen LogP) is 3.23. The number of amides is 4. The van der Waals surface area contributed by atoms with Crippen molar-refractivity contribution < 1.29 is 19.2 Å². The molecule has 2 aliphatic rings. The zero-order valence-corrected chi connectivity index (χ0v) is 16.0. The lowest BCUT2D eigenvalue weighted by Gasteiger charge is -2.34. The van der Waals surface area contributed by atoms with Crippen LogP contribution in [-0.2, 0) is 19.2 Å². The highest BCUT2D eigenvalue weighted by molar-refractivity contribution is 6.14. The van der Waals surface area contributed by atoms with E-state index in [-0.39, 0.29) is 31.1 Å². The van der Waals surface area contributed by atoms with E-state index in [0.29, 0.717) is 6.42 Å². The van der Waals surface area contributed by atoms with E-state index in [9.17, 15) is 19.2 Å². The van der Waals surface area contributed by atoms with Crippen molar-refractivity contribution in [2.24, 2.45) is 0 Å². The molecule has 2 aliphatic heterocycles. The van der Waals surface area contributed by atoms with Crippen LogP contribution in [0.4, 0.5) is 0 Å². The number of unbranched alkanes of at least 4 members (excludes halogenated alkanes) is 9. The van der Waals surface area contributed by atoms with E-state index < -0.39 is 17.4 Å². The summed E-state index contributed by atoms with van der Waals surface area (Å²) in [6.45, 7) is 2.22. The summed E-state index contributed by atoms with van der Waals surface area (Å²) in [5.41, 5.74) is -1.28. The van der Waals surface area contributed by atoms with Crippen molar-refractivity contribution in [3.63, 3.8) is 0 Å². The maximum atomic E-state index is 12.4. The van der Waals surface area contributed by atoms with Gasteiger partial charge in [0.05, 0.1) is 6.42 Å². The molecule has 0 aromatic rings. The van der Waals surface area contributed by atoms with Crippen molar-refractivity contribution in [3.8, 4) is 0 Å². The zero-order valence-electron chi connectivity index (χ0n) is 16.0. The number of carbonyl (C=O) groups is 4. The normalized spacial score (nSPS) is 23.2. The van der Waals surface area contributed by atoms with Crippen LogP contribution >= 0.6 is 0 Å². The van der Waals surface area contributed by atoms with E-state index in [1.54, 1.807) is 0 Å². The molecule has 0 aromatic carbocycles. The maximum Gasteiger partial charge on any atom is 0.253 e. The number of hydrogen-bond acceptors (Lipinski definition) is 4. The summed E-state index contributed by atoms with van der Waals surface area (Å²) in [4.78, 5) is 49.5. The second kappa shape index (κ2) is 9.83. The summed E-state index contributed by atoms with van der Waals surface area (Å²) in [7, 11) is 0. The Kier molecular flexibility index (Phi) is 7.79. The number of nitrogens with one attached hydrogen (secondary N) is 1. The first-order valence-electron chi connectivity index (χ1n) is 10.2. The summed E-state index contributed by atoms with van der Waals surface area (Å²) in [5.74, 6) is -1.53. The van der Waals surface area contributed by atoms with Gasteiger partial charge in [0, 0.05) is 12.8 Å². The van der Waals surface area contributed by atoms with E-state index in [1.165, 1.54) is 44.9 Å². The molecule has 1 N–H and O–H groups in total. The topological polar surface area (TPSA) is 83.6 Å². The summed E-state index contributed by atoms with van der Waals surface area (Å²) in [5, 5.41) is 2.29. The standard InChI is InChI=1S/C20H32N2O4/c1-2-3-4-5-6-7-8-9-10-11-14-20(15-16(23)21-19(20)26)22-17(24)12-13-18(22)25/h2-15H2,1H3,(H,21,23,26). The molecule has 2 heterocycles. The third-order valence-corrected chi connectivity index (χ3v) is 5.55. The first-order valence-corrected chi connectivity index (χ1v) is 10.2. The van der Waals surface area contributed by atoms with Crippen LogP contribution in [-0.4, -0.2) is 34.1 Å². The van der Waals surface area contributed by atoms with Crippen molar-refractivity contribution in [2.45, 2.75) is 102 Å². The van der Waals surface area contributed by atoms with Crippen LogP contribution in [0.2, 0.25) is 0 Å². The SMILES string of the molecule is CCCCCCCCCCCCC1(N2C(=O)CCC2=O)CC(=O)NC1=O. The van der Waals surface area contributed by atoms with E-state index in [2.05, 4.69) is 12.2 Å². The Bertz CT molecular complexity index is 530. The summed E-state index contributed by atoms with van der Waals surface area (Å²) in [6.07, 6.45) is 12.2. The molecule has 0 aromatic heterocycles. The monoisotopic (exact) mass is 364 g/mol. The number of imide groups is 2. The van der Waals surface area contributed by atoms with Crippen LogP contribution < -0.4 is 5.32 Å². The predicted molar refractivity (Wildman–Crippen MR) is 98.0 cm³/mol. The van der Waals surface area contributed by atoms with Crippen LogP contribution in [0.15, 0.2) is 0 Å². The van der Waals surface area contributed by atoms with Gasteiger partial charge in [0.25, 0.3) is 5.91 Å². The summed E-state index contributed by atoms with van der Waals surface area (Å²) in [6, 6.07) is 0. The molecule has 2 rings (SSSR count). The van der Waals surface area contributed by atoms with Crippen molar-refractivity contribution in [1.82, 2.24) is 10.2 Å². The number of likely N-dealkylation sites (tertiary alicyclic amines) is 1. The van der Waals surface area contributed by atoms with Gasteiger partial charge in [-0.15, -0.1) is 0 Å². The van der Waals surface area contributed by atoms with Crippen molar-refractivity contribution in [1.29, 1.82) is 0 Å². The fourth-order valence-corrected chi connectivity index (χ4v) is 4.09. The molecule has 1 unspecified atom stereocenters. The molecule has 0 bridgehead atoms. The second-order valence-corrected chi connectivity index (χ2v) is 7.64. The molecular formula is C20H32N2O4. The Labute approximate surface area is 156 Å². The molecule has 146 valence electrons. The molecule has 2 saturated heterocycles. The Morgan fingerprint density at radius 2 is 1.31 bits per heavy atom. The van der Waals surface area contributed by atoms with Gasteiger partial charge in [0.1, 0.15) is 5.54 Å². The van der Waals surface area contributed by atoms with E-state index in [4.69, 9.17) is 0 Å². The molecule has 0 aliphatic carbocycles. The molecule has 4 amide bonds. The highest BCUT2D eigenvalue weighted by Gasteiger charge is 2.56. The highest BCUT2D eigenvalue weighted by atomic mass is 16.2. The van der Waals surface area contributed by atoms with Gasteiger partial charge in [-0.2, -0.15) is 0 Å². The van der Waals surface area contributed by atoms with Gasteiger partial charge in [-0.3, -0.25) is 29.4 Å². The quantitative estimate of drug-likeness (QED) is 0.426. The van der Waals surface area contributed by atoms with E-state index >= 15 is 0 Å². The minimum Gasteiger partial charge on any atom is -0.294 e. The molecule has 0 spiro atoms. The average Bonchev–Trinajstić information content (AvgIpc) is 3.08. The lowest BCUT2D eigenvalue weighted by atomic mass is 9.88. The van der Waals surface area contributed by atoms with Gasteiger partial charge in [0.15, 0.2) is 0 Å². The third-order valence-electron chi connectivity index (χ3n) is 5.55. The Morgan fingerprint density at radius 1 is 0.808 bits per heavy atom. The van der Waals surface area contributed by atoms with Gasteiger partial charge >= 0.3 is 0 Å². The van der Waals surface area contributed by atoms with E-state index in [0.717, 1.165) is 24.2 Å². The Balaban J connectivity index is 1.77. The third kappa shape index (κ3) is 4.92. The molecule has 26 heavy (non-hydrogen) atoms. The van der Waals surface area contributed by atoms with Gasteiger partial charge < -0.3 is 0 Å². The summed E-state index contributed by atoms with van der Waals surface area (Å²) < 4.78 is 0. The summed E-state index contributed by atoms with van der Waals surface area (Å²) >= 11 is 0. The molecular weight excluding hydrogens is 332 g/mol. The Morgan fingerprint density at radius 3 is 1.77 bits per heavy atom. The minimum atomic E-state index is -1.28. The maximum absolute atomic E-state index is 12.4. The van der Waals surface area contributed by atoms with Crippen LogP contribution in [0, 0.1) is 0 Å². The first kappa shape index (κ1) is 20.6. The van der Waals surface area contributed by atoms with Crippen molar-refractivity contribution >= 4 is 23.6 Å². The van der Waals surface area contributed by atoms with Crippen molar-refractivity contribution in [2.75, 3.05) is 0 Å². The van der Waals surface area contributed by atoms with Gasteiger partial charge in [-0.1, -0.05) is 71.1 Å². The van der Waals surface area contributed by atoms with Gasteiger partial charge in [0.2, 0.25) is 17.7 Å². The molecule has 6 nitrogen and oxygen atoms in total. The lowest BCUT2D eigenvalue weighted by Crippen LogP contribution is -2.56. The average molecular weight is 364 g/mol. The van der Waals surface area contributed by atoms with E-state index in [1.807, 2.05) is 0 Å². The van der Waals surface area contributed by atoms with Crippen molar-refractivity contribution in [3.05, 3.63) is 0 Å². The van der Waals surface area contributed by atoms with Crippen LogP contribution in [0.5, 0.6) is 0 Å². The Hall–Kier alpha value is -1.72. The fraction of sp³-hybridized carbons (Fsp3) is 0.800. The first-order chi connectivity index (χ1) is 12.5. The fourth-order valence-electron chi connectivity index (χ4n) is 4.09. The molecule has 1 atom stereocenters. The highest BCUT2D eigenvalue weighted by Crippen LogP contribution is 2.35. The van der Waals surface area contributed by atoms with Gasteiger partial charge in [-0.05, 0) is 6.42 Å². The number of rotatable bonds is 12. The number of hydrogen-bond donors (Lipinski definition) is 1. The lowest BCUT2D eigenvalue weighted by molar-refractivity contribution is -0.152. The van der Waals surface area contributed by atoms with Gasteiger partial charge in [-0.25, -0.2) is 0 Å². The largest absolute Gasteiger partial charge is 0.294 e.